The van der Waals surface area contributed by atoms with Gasteiger partial charge in [-0.2, -0.15) is 0 Å². The summed E-state index contributed by atoms with van der Waals surface area (Å²) in [5.41, 5.74) is 0. The summed E-state index contributed by atoms with van der Waals surface area (Å²) in [6, 6.07) is 1.50. The van der Waals surface area contributed by atoms with Crippen LogP contribution in [-0.2, 0) is 0 Å². The van der Waals surface area contributed by atoms with E-state index < -0.39 is 0 Å². The number of hydrogen-bond donors (Lipinski definition) is 2. The fraction of sp³-hybridized carbons (Fsp3) is 1.00. The maximum atomic E-state index is 8.80. The molecule has 2 bridgehead atoms. The third-order valence-electron chi connectivity index (χ3n) is 2.53. The fourth-order valence-corrected chi connectivity index (χ4v) is 2.03. The molecule has 2 heteroatoms. The Balaban J connectivity index is 1.89. The monoisotopic (exact) mass is 127 g/mol. The Morgan fingerprint density at radius 1 is 1.22 bits per heavy atom. The van der Waals surface area contributed by atoms with Crippen LogP contribution in [0.25, 0.3) is 0 Å². The molecule has 2 aliphatic heterocycles. The van der Waals surface area contributed by atoms with Gasteiger partial charge in [-0.3, -0.25) is 0 Å². The highest BCUT2D eigenvalue weighted by Gasteiger charge is 2.36. The predicted octanol–water partition coefficient (Wildman–Crippen LogP) is 0.119. The van der Waals surface area contributed by atoms with Gasteiger partial charge in [0.15, 0.2) is 0 Å². The van der Waals surface area contributed by atoms with Gasteiger partial charge in [-0.05, 0) is 25.2 Å². The van der Waals surface area contributed by atoms with E-state index >= 15 is 0 Å². The highest BCUT2D eigenvalue weighted by atomic mass is 16.3. The van der Waals surface area contributed by atoms with Crippen LogP contribution in [0.2, 0.25) is 0 Å². The highest BCUT2D eigenvalue weighted by molar-refractivity contribution is 4.96. The molecule has 2 atom stereocenters. The van der Waals surface area contributed by atoms with E-state index in [9.17, 15) is 0 Å². The molecule has 0 aromatic heterocycles. The summed E-state index contributed by atoms with van der Waals surface area (Å²) in [6.45, 7) is 0.398. The van der Waals surface area contributed by atoms with Crippen molar-refractivity contribution in [2.45, 2.75) is 31.3 Å². The number of aliphatic hydroxyl groups is 1. The van der Waals surface area contributed by atoms with E-state index in [-0.39, 0.29) is 0 Å². The molecular weight excluding hydrogens is 114 g/mol. The van der Waals surface area contributed by atoms with Crippen LogP contribution in [0.1, 0.15) is 19.3 Å². The zero-order valence-electron chi connectivity index (χ0n) is 5.51. The van der Waals surface area contributed by atoms with Crippen molar-refractivity contribution in [3.8, 4) is 0 Å². The van der Waals surface area contributed by atoms with Gasteiger partial charge in [-0.1, -0.05) is 0 Å². The van der Waals surface area contributed by atoms with Gasteiger partial charge in [-0.15, -0.1) is 0 Å². The van der Waals surface area contributed by atoms with Crippen molar-refractivity contribution in [1.82, 2.24) is 5.32 Å². The van der Waals surface area contributed by atoms with Gasteiger partial charge in [0.25, 0.3) is 0 Å². The fourth-order valence-electron chi connectivity index (χ4n) is 2.03. The Hall–Kier alpha value is -0.0800. The first kappa shape index (κ1) is 5.69. The lowest BCUT2D eigenvalue weighted by molar-refractivity contribution is 0.0856. The lowest BCUT2D eigenvalue weighted by Gasteiger charge is -2.46. The van der Waals surface area contributed by atoms with Gasteiger partial charge in [0.05, 0.1) is 0 Å². The Kier molecular flexibility index (Phi) is 1.24. The molecular formula is C7H13NO. The molecule has 3 rings (SSSR count). The minimum absolute atomic E-state index is 0.398. The van der Waals surface area contributed by atoms with Gasteiger partial charge >= 0.3 is 0 Å². The van der Waals surface area contributed by atoms with Crippen molar-refractivity contribution >= 4 is 0 Å². The van der Waals surface area contributed by atoms with Crippen molar-refractivity contribution in [2.24, 2.45) is 5.92 Å². The molecule has 0 radical (unpaired) electrons. The summed E-state index contributed by atoms with van der Waals surface area (Å²) in [5, 5.41) is 12.2. The summed E-state index contributed by atoms with van der Waals surface area (Å²) in [7, 11) is 0. The van der Waals surface area contributed by atoms with E-state index in [1.807, 2.05) is 0 Å². The first-order valence-corrected chi connectivity index (χ1v) is 3.75. The van der Waals surface area contributed by atoms with E-state index in [2.05, 4.69) is 5.32 Å². The van der Waals surface area contributed by atoms with Crippen LogP contribution in [0.4, 0.5) is 0 Å². The molecule has 9 heavy (non-hydrogen) atoms. The van der Waals surface area contributed by atoms with Gasteiger partial charge in [0, 0.05) is 18.7 Å². The summed E-state index contributed by atoms with van der Waals surface area (Å²) >= 11 is 0. The minimum Gasteiger partial charge on any atom is -0.396 e. The van der Waals surface area contributed by atoms with Crippen LogP contribution in [0.15, 0.2) is 0 Å². The maximum absolute atomic E-state index is 8.80. The van der Waals surface area contributed by atoms with Crippen LogP contribution < -0.4 is 5.32 Å². The summed E-state index contributed by atoms with van der Waals surface area (Å²) < 4.78 is 0. The maximum Gasteiger partial charge on any atom is 0.0460 e. The average Bonchev–Trinajstić information content (AvgIpc) is 1.87. The number of fused-ring (bicyclic) bond motifs is 2. The summed E-state index contributed by atoms with van der Waals surface area (Å²) in [5.74, 6) is 0.606. The van der Waals surface area contributed by atoms with Crippen molar-refractivity contribution in [3.05, 3.63) is 0 Å². The molecule has 1 saturated carbocycles. The second-order valence-corrected chi connectivity index (χ2v) is 3.32. The average molecular weight is 127 g/mol. The zero-order chi connectivity index (χ0) is 6.27. The predicted molar refractivity (Wildman–Crippen MR) is 35.1 cm³/mol. The van der Waals surface area contributed by atoms with Gasteiger partial charge in [0.2, 0.25) is 0 Å². The van der Waals surface area contributed by atoms with Gasteiger partial charge in [-0.25, -0.2) is 0 Å². The highest BCUT2D eigenvalue weighted by Crippen LogP contribution is 2.31. The normalized spacial score (nSPS) is 48.3. The number of rotatable bonds is 1. The molecule has 0 aromatic rings. The Bertz CT molecular complexity index is 99.5. The lowest BCUT2D eigenvalue weighted by Crippen LogP contribution is -2.58. The number of piperidine rings is 1. The molecule has 2 N–H and O–H groups in total. The molecule has 1 aliphatic carbocycles. The van der Waals surface area contributed by atoms with Crippen molar-refractivity contribution in [2.75, 3.05) is 6.61 Å². The first-order chi connectivity index (χ1) is 4.38. The molecule has 2 saturated heterocycles. The summed E-state index contributed by atoms with van der Waals surface area (Å²) in [6.07, 6.45) is 3.76. The van der Waals surface area contributed by atoms with Crippen LogP contribution in [0.3, 0.4) is 0 Å². The first-order valence-electron chi connectivity index (χ1n) is 3.75. The Morgan fingerprint density at radius 2 is 1.78 bits per heavy atom. The SMILES string of the molecule is OCC1CC2CC(C1)N2. The smallest absolute Gasteiger partial charge is 0.0460 e. The molecule has 3 aliphatic rings. The quantitative estimate of drug-likeness (QED) is 0.524. The number of hydrogen-bond acceptors (Lipinski definition) is 2. The summed E-state index contributed by atoms with van der Waals surface area (Å²) in [4.78, 5) is 0. The third-order valence-corrected chi connectivity index (χ3v) is 2.53. The van der Waals surface area contributed by atoms with Crippen LogP contribution in [-0.4, -0.2) is 23.8 Å². The zero-order valence-corrected chi connectivity index (χ0v) is 5.51. The minimum atomic E-state index is 0.398. The lowest BCUT2D eigenvalue weighted by atomic mass is 9.76. The van der Waals surface area contributed by atoms with Gasteiger partial charge < -0.3 is 10.4 Å². The van der Waals surface area contributed by atoms with Crippen LogP contribution in [0.5, 0.6) is 0 Å². The van der Waals surface area contributed by atoms with E-state index in [0.717, 1.165) is 12.1 Å². The number of aliphatic hydroxyl groups excluding tert-OH is 1. The van der Waals surface area contributed by atoms with Gasteiger partial charge in [0.1, 0.15) is 0 Å². The van der Waals surface area contributed by atoms with Crippen LogP contribution >= 0.6 is 0 Å². The van der Waals surface area contributed by atoms with E-state index in [1.165, 1.54) is 19.3 Å². The number of nitrogens with one attached hydrogen (secondary N) is 1. The van der Waals surface area contributed by atoms with E-state index in [4.69, 9.17) is 5.11 Å². The molecule has 0 aromatic carbocycles. The standard InChI is InChI=1S/C7H13NO/c9-4-5-1-6-3-7(2-5)8-6/h5-9H,1-4H2. The van der Waals surface area contributed by atoms with E-state index in [0.29, 0.717) is 12.5 Å². The molecule has 52 valence electrons. The second-order valence-electron chi connectivity index (χ2n) is 3.32. The largest absolute Gasteiger partial charge is 0.396 e. The molecule has 3 fully saturated rings. The van der Waals surface area contributed by atoms with Crippen molar-refractivity contribution in [1.29, 1.82) is 0 Å². The van der Waals surface area contributed by atoms with Crippen LogP contribution in [0, 0.1) is 5.92 Å². The third kappa shape index (κ3) is 0.864. The van der Waals surface area contributed by atoms with Crippen molar-refractivity contribution < 1.29 is 5.11 Å². The molecule has 0 spiro atoms. The molecule has 2 nitrogen and oxygen atoms in total. The molecule has 2 unspecified atom stereocenters. The second kappa shape index (κ2) is 1.96. The van der Waals surface area contributed by atoms with Crippen molar-refractivity contribution in [3.63, 3.8) is 0 Å². The molecule has 2 heterocycles. The Labute approximate surface area is 55.3 Å². The topological polar surface area (TPSA) is 32.3 Å². The Morgan fingerprint density at radius 3 is 2.11 bits per heavy atom. The molecule has 0 amide bonds. The van der Waals surface area contributed by atoms with E-state index in [1.54, 1.807) is 0 Å².